The van der Waals surface area contributed by atoms with Crippen LogP contribution in [0.15, 0.2) is 24.3 Å². The summed E-state index contributed by atoms with van der Waals surface area (Å²) in [5, 5.41) is 0. The van der Waals surface area contributed by atoms with Crippen LogP contribution in [0.5, 0.6) is 5.75 Å². The van der Waals surface area contributed by atoms with E-state index in [2.05, 4.69) is 4.90 Å². The quantitative estimate of drug-likeness (QED) is 0.792. The molecular weight excluding hydrogens is 219 g/mol. The van der Waals surface area contributed by atoms with Crippen LogP contribution in [0.25, 0.3) is 0 Å². The van der Waals surface area contributed by atoms with E-state index in [0.717, 1.165) is 38.2 Å². The number of hydrogen-bond donors (Lipinski definition) is 1. The summed E-state index contributed by atoms with van der Waals surface area (Å²) in [5.41, 5.74) is 5.83. The predicted molar refractivity (Wildman–Crippen MR) is 65.5 cm³/mol. The zero-order chi connectivity index (χ0) is 12.1. The Balaban J connectivity index is 1.61. The molecule has 1 aliphatic heterocycles. The Morgan fingerprint density at radius 1 is 1.35 bits per heavy atom. The van der Waals surface area contributed by atoms with Crippen molar-refractivity contribution >= 4 is 0 Å². The summed E-state index contributed by atoms with van der Waals surface area (Å²) >= 11 is 0. The number of nitrogens with zero attached hydrogens (tertiary/aromatic N) is 1. The number of hydrogen-bond acceptors (Lipinski definition) is 3. The van der Waals surface area contributed by atoms with Gasteiger partial charge in [0, 0.05) is 19.1 Å². The van der Waals surface area contributed by atoms with Gasteiger partial charge in [-0.25, -0.2) is 4.39 Å². The van der Waals surface area contributed by atoms with E-state index in [9.17, 15) is 4.39 Å². The van der Waals surface area contributed by atoms with Crippen LogP contribution in [0.4, 0.5) is 4.39 Å². The molecule has 0 saturated carbocycles. The van der Waals surface area contributed by atoms with Crippen LogP contribution in [-0.4, -0.2) is 37.2 Å². The van der Waals surface area contributed by atoms with Crippen molar-refractivity contribution in [2.24, 2.45) is 5.73 Å². The van der Waals surface area contributed by atoms with Crippen LogP contribution >= 0.6 is 0 Å². The highest BCUT2D eigenvalue weighted by Gasteiger charge is 2.17. The van der Waals surface area contributed by atoms with Crippen LogP contribution in [-0.2, 0) is 0 Å². The lowest BCUT2D eigenvalue weighted by atomic mass is 10.3. The summed E-state index contributed by atoms with van der Waals surface area (Å²) in [4.78, 5) is 2.36. The van der Waals surface area contributed by atoms with E-state index in [4.69, 9.17) is 10.5 Å². The monoisotopic (exact) mass is 238 g/mol. The second-order valence-corrected chi connectivity index (χ2v) is 4.51. The van der Waals surface area contributed by atoms with Crippen LogP contribution in [0.1, 0.15) is 12.8 Å². The first-order chi connectivity index (χ1) is 8.24. The van der Waals surface area contributed by atoms with Crippen LogP contribution in [0, 0.1) is 5.82 Å². The fourth-order valence-electron chi connectivity index (χ4n) is 2.07. The van der Waals surface area contributed by atoms with Gasteiger partial charge in [-0.15, -0.1) is 0 Å². The largest absolute Gasteiger partial charge is 0.494 e. The average Bonchev–Trinajstić information content (AvgIpc) is 2.73. The van der Waals surface area contributed by atoms with Gasteiger partial charge in [0.25, 0.3) is 0 Å². The zero-order valence-corrected chi connectivity index (χ0v) is 9.94. The molecule has 2 N–H and O–H groups in total. The van der Waals surface area contributed by atoms with Crippen molar-refractivity contribution in [1.82, 2.24) is 4.90 Å². The van der Waals surface area contributed by atoms with Gasteiger partial charge in [0.15, 0.2) is 0 Å². The molecule has 1 aromatic rings. The summed E-state index contributed by atoms with van der Waals surface area (Å²) in [6, 6.07) is 6.47. The predicted octanol–water partition coefficient (Wildman–Crippen LogP) is 1.63. The Morgan fingerprint density at radius 2 is 2.12 bits per heavy atom. The molecule has 0 radical (unpaired) electrons. The second kappa shape index (κ2) is 5.98. The number of ether oxygens (including phenoxy) is 1. The smallest absolute Gasteiger partial charge is 0.123 e. The van der Waals surface area contributed by atoms with Crippen molar-refractivity contribution in [3.05, 3.63) is 30.1 Å². The topological polar surface area (TPSA) is 38.5 Å². The Hall–Kier alpha value is -1.13. The summed E-state index contributed by atoms with van der Waals surface area (Å²) < 4.78 is 18.2. The average molecular weight is 238 g/mol. The molecule has 1 aliphatic rings. The number of rotatable bonds is 5. The third-order valence-electron chi connectivity index (χ3n) is 3.01. The Morgan fingerprint density at radius 3 is 2.76 bits per heavy atom. The molecule has 94 valence electrons. The molecule has 1 atom stereocenters. The van der Waals surface area contributed by atoms with Crippen molar-refractivity contribution in [3.8, 4) is 5.75 Å². The third kappa shape index (κ3) is 3.98. The normalized spacial score (nSPS) is 20.7. The molecule has 0 spiro atoms. The molecule has 0 amide bonds. The summed E-state index contributed by atoms with van der Waals surface area (Å²) in [6.07, 6.45) is 2.07. The Bertz CT molecular complexity index is 342. The van der Waals surface area contributed by atoms with E-state index in [-0.39, 0.29) is 5.82 Å². The molecule has 0 aromatic heterocycles. The van der Waals surface area contributed by atoms with Crippen LogP contribution in [0.3, 0.4) is 0 Å². The van der Waals surface area contributed by atoms with Crippen molar-refractivity contribution in [1.29, 1.82) is 0 Å². The van der Waals surface area contributed by atoms with E-state index in [1.165, 1.54) is 12.1 Å². The molecule has 3 nitrogen and oxygen atoms in total. The summed E-state index contributed by atoms with van der Waals surface area (Å²) in [7, 11) is 0. The first-order valence-electron chi connectivity index (χ1n) is 6.10. The first-order valence-corrected chi connectivity index (χ1v) is 6.10. The molecule has 17 heavy (non-hydrogen) atoms. The van der Waals surface area contributed by atoms with Gasteiger partial charge < -0.3 is 15.4 Å². The standard InChI is InChI=1S/C13H19FN2O/c14-11-2-4-13(5-3-11)17-9-1-7-16-8-6-12(15)10-16/h2-5,12H,1,6-10,15H2. The molecule has 0 bridgehead atoms. The second-order valence-electron chi connectivity index (χ2n) is 4.51. The highest BCUT2D eigenvalue weighted by molar-refractivity contribution is 5.21. The van der Waals surface area contributed by atoms with E-state index >= 15 is 0 Å². The van der Waals surface area contributed by atoms with Crippen molar-refractivity contribution in [3.63, 3.8) is 0 Å². The molecule has 1 fully saturated rings. The van der Waals surface area contributed by atoms with Gasteiger partial charge in [-0.2, -0.15) is 0 Å². The maximum absolute atomic E-state index is 12.6. The lowest BCUT2D eigenvalue weighted by molar-refractivity contribution is 0.261. The van der Waals surface area contributed by atoms with Gasteiger partial charge in [0.2, 0.25) is 0 Å². The molecule has 2 rings (SSSR count). The first kappa shape index (κ1) is 12.3. The minimum absolute atomic E-state index is 0.233. The fraction of sp³-hybridized carbons (Fsp3) is 0.538. The zero-order valence-electron chi connectivity index (χ0n) is 9.94. The van der Waals surface area contributed by atoms with Crippen molar-refractivity contribution in [2.45, 2.75) is 18.9 Å². The van der Waals surface area contributed by atoms with E-state index in [1.807, 2.05) is 0 Å². The van der Waals surface area contributed by atoms with Gasteiger partial charge in [-0.1, -0.05) is 0 Å². The van der Waals surface area contributed by atoms with E-state index < -0.39 is 0 Å². The number of likely N-dealkylation sites (tertiary alicyclic amines) is 1. The lowest BCUT2D eigenvalue weighted by Gasteiger charge is -2.14. The lowest BCUT2D eigenvalue weighted by Crippen LogP contribution is -2.28. The maximum Gasteiger partial charge on any atom is 0.123 e. The minimum Gasteiger partial charge on any atom is -0.494 e. The number of benzene rings is 1. The molecule has 0 aliphatic carbocycles. The van der Waals surface area contributed by atoms with E-state index in [1.54, 1.807) is 12.1 Å². The SMILES string of the molecule is NC1CCN(CCCOc2ccc(F)cc2)C1. The van der Waals surface area contributed by atoms with Crippen molar-refractivity contribution < 1.29 is 9.13 Å². The summed E-state index contributed by atoms with van der Waals surface area (Å²) in [6.45, 7) is 3.78. The van der Waals surface area contributed by atoms with Gasteiger partial charge in [-0.05, 0) is 43.7 Å². The molecule has 1 saturated heterocycles. The van der Waals surface area contributed by atoms with Crippen LogP contribution < -0.4 is 10.5 Å². The fourth-order valence-corrected chi connectivity index (χ4v) is 2.07. The van der Waals surface area contributed by atoms with Crippen LogP contribution in [0.2, 0.25) is 0 Å². The minimum atomic E-state index is -0.233. The summed E-state index contributed by atoms with van der Waals surface area (Å²) in [5.74, 6) is 0.493. The maximum atomic E-state index is 12.6. The van der Waals surface area contributed by atoms with Gasteiger partial charge in [-0.3, -0.25) is 0 Å². The molecule has 4 heteroatoms. The van der Waals surface area contributed by atoms with E-state index in [0.29, 0.717) is 12.6 Å². The molecular formula is C13H19FN2O. The number of halogens is 1. The Labute approximate surface area is 101 Å². The Kier molecular flexibility index (Phi) is 4.34. The molecule has 1 unspecified atom stereocenters. The van der Waals surface area contributed by atoms with Crippen molar-refractivity contribution in [2.75, 3.05) is 26.2 Å². The highest BCUT2D eigenvalue weighted by Crippen LogP contribution is 2.12. The molecule has 1 aromatic carbocycles. The number of nitrogens with two attached hydrogens (primary N) is 1. The molecule has 1 heterocycles. The van der Waals surface area contributed by atoms with Gasteiger partial charge >= 0.3 is 0 Å². The third-order valence-corrected chi connectivity index (χ3v) is 3.01. The van der Waals surface area contributed by atoms with Gasteiger partial charge in [0.05, 0.1) is 6.61 Å². The highest BCUT2D eigenvalue weighted by atomic mass is 19.1. The van der Waals surface area contributed by atoms with Gasteiger partial charge in [0.1, 0.15) is 11.6 Å².